The van der Waals surface area contributed by atoms with Crippen LogP contribution in [0, 0.1) is 0 Å². The minimum Gasteiger partial charge on any atom is -0.300 e. The first-order valence-corrected chi connectivity index (χ1v) is 21.9. The summed E-state index contributed by atoms with van der Waals surface area (Å²) in [5.41, 5.74) is 9.45. The first-order chi connectivity index (χ1) is 25.4. The van der Waals surface area contributed by atoms with Crippen LogP contribution in [-0.4, -0.2) is 6.71 Å². The first-order valence-electron chi connectivity index (χ1n) is 17.8. The van der Waals surface area contributed by atoms with Crippen molar-refractivity contribution in [2.24, 2.45) is 0 Å². The van der Waals surface area contributed by atoms with E-state index in [-0.39, 0.29) is 6.71 Å². The number of fused-ring (bicyclic) bond motifs is 6. The predicted molar refractivity (Wildman–Crippen MR) is 230 cm³/mol. The van der Waals surface area contributed by atoms with Crippen LogP contribution in [0.15, 0.2) is 157 Å². The Morgan fingerprint density at radius 3 is 1.13 bits per heavy atom. The van der Waals surface area contributed by atoms with Gasteiger partial charge in [-0.25, -0.2) is 0 Å². The van der Waals surface area contributed by atoms with Gasteiger partial charge in [-0.05, 0) is 93.2 Å². The molecule has 0 N–H and O–H groups in total. The lowest BCUT2D eigenvalue weighted by atomic mass is 9.40. The Hall–Kier alpha value is -3.79. The van der Waals surface area contributed by atoms with Crippen molar-refractivity contribution >= 4 is 112 Å². The van der Waals surface area contributed by atoms with Gasteiger partial charge in [0.2, 0.25) is 0 Å². The summed E-state index contributed by atoms with van der Waals surface area (Å²) in [5, 5.41) is 2.56. The van der Waals surface area contributed by atoms with Crippen molar-refractivity contribution in [3.63, 3.8) is 0 Å². The molecular formula is C44H35BN2S5. The molecule has 7 aromatic rings. The molecule has 0 fully saturated rings. The smallest absolute Gasteiger partial charge is 0.270 e. The molecule has 2 nitrogen and oxygen atoms in total. The van der Waals surface area contributed by atoms with E-state index in [1.54, 1.807) is 0 Å². The molecule has 52 heavy (non-hydrogen) atoms. The summed E-state index contributed by atoms with van der Waals surface area (Å²) in [5.74, 6) is 0.814. The molecule has 10 rings (SSSR count). The summed E-state index contributed by atoms with van der Waals surface area (Å²) in [6.45, 7) is 9.59. The molecule has 0 spiro atoms. The number of para-hydroxylation sites is 4. The maximum absolute atomic E-state index is 2.51. The van der Waals surface area contributed by atoms with Gasteiger partial charge < -0.3 is 0 Å². The summed E-state index contributed by atoms with van der Waals surface area (Å²) in [4.78, 5) is 13.0. The Kier molecular flexibility index (Phi) is 8.18. The van der Waals surface area contributed by atoms with Gasteiger partial charge in [0, 0.05) is 29.4 Å². The van der Waals surface area contributed by atoms with Gasteiger partial charge in [0.15, 0.2) is 0 Å². The van der Waals surface area contributed by atoms with Gasteiger partial charge in [0.1, 0.15) is 10.0 Å². The van der Waals surface area contributed by atoms with Crippen LogP contribution in [-0.2, 0) is 0 Å². The molecule has 0 atom stereocenters. The van der Waals surface area contributed by atoms with Crippen LogP contribution in [0.3, 0.4) is 0 Å². The van der Waals surface area contributed by atoms with Gasteiger partial charge in [0.25, 0.3) is 6.71 Å². The lowest BCUT2D eigenvalue weighted by Crippen LogP contribution is -2.55. The molecule has 254 valence electrons. The second-order valence-electron chi connectivity index (χ2n) is 14.1. The van der Waals surface area contributed by atoms with Crippen LogP contribution in [0.2, 0.25) is 0 Å². The maximum Gasteiger partial charge on any atom is 0.270 e. The minimum atomic E-state index is 0.147. The van der Waals surface area contributed by atoms with E-state index in [4.69, 9.17) is 0 Å². The Balaban J connectivity index is 1.19. The zero-order valence-corrected chi connectivity index (χ0v) is 33.4. The van der Waals surface area contributed by atoms with Gasteiger partial charge >= 0.3 is 0 Å². The molecule has 0 amide bonds. The summed E-state index contributed by atoms with van der Waals surface area (Å²) in [6.07, 6.45) is 0. The summed E-state index contributed by atoms with van der Waals surface area (Å²) in [6, 6.07) is 47.5. The third kappa shape index (κ3) is 5.24. The molecule has 2 aromatic heterocycles. The van der Waals surface area contributed by atoms with E-state index >= 15 is 0 Å². The van der Waals surface area contributed by atoms with Crippen molar-refractivity contribution in [1.82, 2.24) is 0 Å². The number of thiophene rings is 2. The van der Waals surface area contributed by atoms with Crippen LogP contribution < -0.4 is 24.8 Å². The number of rotatable bonds is 5. The number of hydrogen-bond acceptors (Lipinski definition) is 7. The van der Waals surface area contributed by atoms with Crippen LogP contribution in [0.4, 0.5) is 32.8 Å². The molecule has 0 unspecified atom stereocenters. The molecule has 8 heteroatoms. The van der Waals surface area contributed by atoms with Crippen molar-refractivity contribution in [3.05, 3.63) is 139 Å². The number of hydrogen-bond donors (Lipinski definition) is 0. The summed E-state index contributed by atoms with van der Waals surface area (Å²) >= 11 is 9.68. The molecule has 3 aliphatic rings. The van der Waals surface area contributed by atoms with Crippen molar-refractivity contribution in [1.29, 1.82) is 0 Å². The molecule has 5 aromatic carbocycles. The Morgan fingerprint density at radius 1 is 0.423 bits per heavy atom. The van der Waals surface area contributed by atoms with Crippen LogP contribution in [0.1, 0.15) is 50.7 Å². The van der Waals surface area contributed by atoms with Crippen LogP contribution in [0.5, 0.6) is 0 Å². The highest BCUT2D eigenvalue weighted by Gasteiger charge is 2.41. The van der Waals surface area contributed by atoms with E-state index < -0.39 is 0 Å². The fourth-order valence-electron chi connectivity index (χ4n) is 7.86. The molecule has 0 saturated carbocycles. The summed E-state index contributed by atoms with van der Waals surface area (Å²) < 4.78 is 2.91. The van der Waals surface area contributed by atoms with Crippen LogP contribution >= 0.6 is 58.0 Å². The van der Waals surface area contributed by atoms with Gasteiger partial charge in [-0.3, -0.25) is 9.80 Å². The third-order valence-corrected chi connectivity index (χ3v) is 16.2. The standard InChI is InChI=1S/C44H35BN2S5/c1-26(2)28-14-13-15-29(27(3)4)42(28)45-43-38(24-40(51-43)46-30-16-5-9-20-34(30)48-35-21-10-6-17-31(35)46)50-39-25-41(52-44(39)45)47-32-18-7-11-22-36(32)49-37-23-12-8-19-33(37)47/h5-27H,1-4H3. The zero-order valence-electron chi connectivity index (χ0n) is 29.3. The predicted octanol–water partition coefficient (Wildman–Crippen LogP) is 12.9. The SMILES string of the molecule is CC(C)c1cccc(C(C)C)c1B1c2sc(N3c4ccccc4Sc4ccccc43)cc2Sc2cc(N3c4ccccc4Sc4ccccc43)sc21. The largest absolute Gasteiger partial charge is 0.300 e. The van der Waals surface area contributed by atoms with Gasteiger partial charge in [0.05, 0.1) is 22.7 Å². The fourth-order valence-corrected chi connectivity index (χ4v) is 14.1. The van der Waals surface area contributed by atoms with Crippen molar-refractivity contribution < 1.29 is 0 Å². The van der Waals surface area contributed by atoms with E-state index in [1.807, 2.05) is 58.0 Å². The fraction of sp³-hybridized carbons (Fsp3) is 0.136. The molecule has 0 aliphatic carbocycles. The van der Waals surface area contributed by atoms with E-state index in [1.165, 1.54) is 88.3 Å². The van der Waals surface area contributed by atoms with Gasteiger partial charge in [-0.1, -0.05) is 135 Å². The van der Waals surface area contributed by atoms with Gasteiger partial charge in [-0.2, -0.15) is 0 Å². The van der Waals surface area contributed by atoms with E-state index in [0.717, 1.165) is 0 Å². The highest BCUT2D eigenvalue weighted by Crippen LogP contribution is 2.55. The van der Waals surface area contributed by atoms with E-state index in [9.17, 15) is 0 Å². The molecule has 0 radical (unpaired) electrons. The Bertz CT molecular complexity index is 2260. The molecule has 3 aliphatic heterocycles. The quantitative estimate of drug-likeness (QED) is 0.161. The lowest BCUT2D eigenvalue weighted by molar-refractivity contribution is 0.845. The molecule has 0 saturated heterocycles. The molecule has 5 heterocycles. The lowest BCUT2D eigenvalue weighted by Gasteiger charge is -2.31. The Labute approximate surface area is 327 Å². The van der Waals surface area contributed by atoms with Crippen molar-refractivity contribution in [3.8, 4) is 0 Å². The van der Waals surface area contributed by atoms with E-state index in [2.05, 4.69) is 165 Å². The zero-order chi connectivity index (χ0) is 35.1. The Morgan fingerprint density at radius 2 is 0.769 bits per heavy atom. The highest BCUT2D eigenvalue weighted by atomic mass is 32.2. The second-order valence-corrected chi connectivity index (χ2v) is 19.4. The normalized spacial score (nSPS) is 14.2. The number of nitrogens with zero attached hydrogens (tertiary/aromatic N) is 2. The highest BCUT2D eigenvalue weighted by molar-refractivity contribution is 8.01. The first kappa shape index (κ1) is 32.8. The van der Waals surface area contributed by atoms with Crippen molar-refractivity contribution in [2.75, 3.05) is 9.80 Å². The van der Waals surface area contributed by atoms with Crippen LogP contribution in [0.25, 0.3) is 0 Å². The second kappa shape index (κ2) is 13.0. The monoisotopic (exact) mass is 762 g/mol. The van der Waals surface area contributed by atoms with Gasteiger partial charge in [-0.15, -0.1) is 22.7 Å². The maximum atomic E-state index is 2.51. The third-order valence-electron chi connectivity index (χ3n) is 10.2. The minimum absolute atomic E-state index is 0.147. The number of anilines is 6. The van der Waals surface area contributed by atoms with E-state index in [0.29, 0.717) is 11.8 Å². The molecular weight excluding hydrogens is 728 g/mol. The number of benzene rings is 5. The summed E-state index contributed by atoms with van der Waals surface area (Å²) in [7, 11) is 0. The topological polar surface area (TPSA) is 6.48 Å². The average Bonchev–Trinajstić information content (AvgIpc) is 3.78. The molecule has 0 bridgehead atoms. The average molecular weight is 763 g/mol. The van der Waals surface area contributed by atoms with Crippen molar-refractivity contribution in [2.45, 2.75) is 68.9 Å².